The molecule has 0 aliphatic rings. The summed E-state index contributed by atoms with van der Waals surface area (Å²) >= 11 is 0. The Kier molecular flexibility index (Phi) is 6.30. The Morgan fingerprint density at radius 1 is 0.688 bits per heavy atom. The average molecular weight is 475 g/mol. The highest BCUT2D eigenvalue weighted by molar-refractivity contribution is 7.93. The maximum absolute atomic E-state index is 12.7. The number of benzene rings is 2. The number of nitrogens with one attached hydrogen (secondary N) is 2. The largest absolute Gasteiger partial charge is 0.280 e. The number of aromatic nitrogens is 2. The minimum absolute atomic E-state index is 0.0222. The van der Waals surface area contributed by atoms with Crippen LogP contribution in [0.15, 0.2) is 64.4 Å². The lowest BCUT2D eigenvalue weighted by Gasteiger charge is -2.19. The van der Waals surface area contributed by atoms with Crippen LogP contribution in [0.1, 0.15) is 37.7 Å². The van der Waals surface area contributed by atoms with E-state index < -0.39 is 20.0 Å². The molecule has 0 radical (unpaired) electrons. The first-order chi connectivity index (χ1) is 14.8. The van der Waals surface area contributed by atoms with Crippen LogP contribution in [-0.4, -0.2) is 26.8 Å². The van der Waals surface area contributed by atoms with Crippen LogP contribution >= 0.6 is 0 Å². The molecule has 0 amide bonds. The fourth-order valence-corrected chi connectivity index (χ4v) is 5.00. The number of aryl methyl sites for hydroxylation is 2. The lowest BCUT2D eigenvalue weighted by atomic mass is 9.87. The highest BCUT2D eigenvalue weighted by atomic mass is 32.2. The molecule has 32 heavy (non-hydrogen) atoms. The van der Waals surface area contributed by atoms with Crippen molar-refractivity contribution >= 4 is 31.7 Å². The second-order valence-corrected chi connectivity index (χ2v) is 11.8. The van der Waals surface area contributed by atoms with Gasteiger partial charge < -0.3 is 0 Å². The SMILES string of the molecule is Cc1cc(C)nc(NS(=O)(=O)c2ccc(NS(=O)(=O)c3ccc(C(C)(C)C)cc3)cc2)n1. The molecule has 1 aromatic heterocycles. The van der Waals surface area contributed by atoms with Gasteiger partial charge in [-0.1, -0.05) is 32.9 Å². The Morgan fingerprint density at radius 3 is 1.59 bits per heavy atom. The van der Waals surface area contributed by atoms with Crippen molar-refractivity contribution < 1.29 is 16.8 Å². The maximum atomic E-state index is 12.7. The molecule has 0 saturated carbocycles. The normalized spacial score (nSPS) is 12.4. The van der Waals surface area contributed by atoms with Crippen molar-refractivity contribution in [1.29, 1.82) is 0 Å². The number of hydrogen-bond acceptors (Lipinski definition) is 6. The number of nitrogens with zero attached hydrogens (tertiary/aromatic N) is 2. The molecular formula is C22H26N4O4S2. The van der Waals surface area contributed by atoms with Crippen molar-refractivity contribution in [3.8, 4) is 0 Å². The Morgan fingerprint density at radius 2 is 1.12 bits per heavy atom. The maximum Gasteiger partial charge on any atom is 0.264 e. The van der Waals surface area contributed by atoms with E-state index >= 15 is 0 Å². The van der Waals surface area contributed by atoms with Gasteiger partial charge in [-0.2, -0.15) is 0 Å². The van der Waals surface area contributed by atoms with E-state index in [0.29, 0.717) is 11.4 Å². The molecule has 0 atom stereocenters. The van der Waals surface area contributed by atoms with Gasteiger partial charge in [0, 0.05) is 17.1 Å². The average Bonchev–Trinajstić information content (AvgIpc) is 2.66. The fraction of sp³-hybridized carbons (Fsp3) is 0.273. The van der Waals surface area contributed by atoms with Crippen molar-refractivity contribution in [2.24, 2.45) is 0 Å². The van der Waals surface area contributed by atoms with Crippen molar-refractivity contribution in [3.63, 3.8) is 0 Å². The van der Waals surface area contributed by atoms with Gasteiger partial charge in [0.1, 0.15) is 0 Å². The van der Waals surface area contributed by atoms with Gasteiger partial charge in [-0.3, -0.25) is 4.72 Å². The van der Waals surface area contributed by atoms with Crippen LogP contribution in [0.4, 0.5) is 11.6 Å². The molecule has 10 heteroatoms. The summed E-state index contributed by atoms with van der Waals surface area (Å²) in [4.78, 5) is 8.22. The van der Waals surface area contributed by atoms with Crippen LogP contribution in [0, 0.1) is 13.8 Å². The summed E-state index contributed by atoms with van der Waals surface area (Å²) in [5.74, 6) is -0.0222. The first-order valence-corrected chi connectivity index (χ1v) is 12.8. The standard InChI is InChI=1S/C22H26N4O4S2/c1-15-14-16(2)24-21(23-15)26-32(29,30)20-12-8-18(9-13-20)25-31(27,28)19-10-6-17(7-11-19)22(3,4)5/h6-14,25H,1-5H3,(H,23,24,26). The van der Waals surface area contributed by atoms with E-state index in [9.17, 15) is 16.8 Å². The van der Waals surface area contributed by atoms with Crippen molar-refractivity contribution in [2.75, 3.05) is 9.44 Å². The molecule has 1 heterocycles. The number of hydrogen-bond donors (Lipinski definition) is 2. The van der Waals surface area contributed by atoms with E-state index in [1.165, 1.54) is 24.3 Å². The van der Waals surface area contributed by atoms with Crippen molar-refractivity contribution in [2.45, 2.75) is 49.8 Å². The second-order valence-electron chi connectivity index (χ2n) is 8.48. The Labute approximate surface area is 189 Å². The van der Waals surface area contributed by atoms with Crippen LogP contribution in [0.3, 0.4) is 0 Å². The van der Waals surface area contributed by atoms with Crippen LogP contribution in [0.2, 0.25) is 0 Å². The molecule has 2 aromatic carbocycles. The molecule has 8 nitrogen and oxygen atoms in total. The Balaban J connectivity index is 1.77. The van der Waals surface area contributed by atoms with Gasteiger partial charge >= 0.3 is 0 Å². The van der Waals surface area contributed by atoms with Gasteiger partial charge in [-0.05, 0) is 67.3 Å². The summed E-state index contributed by atoms with van der Waals surface area (Å²) < 4.78 is 55.4. The molecule has 3 rings (SSSR count). The zero-order chi connectivity index (χ0) is 23.7. The number of anilines is 2. The predicted octanol–water partition coefficient (Wildman–Crippen LogP) is 3.99. The second kappa shape index (κ2) is 8.51. The van der Waals surface area contributed by atoms with E-state index in [-0.39, 0.29) is 26.8 Å². The summed E-state index contributed by atoms with van der Waals surface area (Å²) in [5, 5.41) is 0. The molecule has 0 aliphatic heterocycles. The minimum Gasteiger partial charge on any atom is -0.280 e. The molecule has 2 N–H and O–H groups in total. The van der Waals surface area contributed by atoms with Crippen molar-refractivity contribution in [3.05, 3.63) is 71.5 Å². The molecule has 0 bridgehead atoms. The lowest BCUT2D eigenvalue weighted by molar-refractivity contribution is 0.587. The summed E-state index contributed by atoms with van der Waals surface area (Å²) in [5.41, 5.74) is 2.44. The molecule has 170 valence electrons. The third-order valence-corrected chi connectivity index (χ3v) is 7.40. The Bertz CT molecular complexity index is 1310. The van der Waals surface area contributed by atoms with Crippen molar-refractivity contribution in [1.82, 2.24) is 9.97 Å². The molecule has 0 spiro atoms. The first-order valence-electron chi connectivity index (χ1n) is 9.85. The van der Waals surface area contributed by atoms with Gasteiger partial charge in [-0.25, -0.2) is 31.5 Å². The minimum atomic E-state index is -3.93. The third kappa shape index (κ3) is 5.63. The zero-order valence-corrected chi connectivity index (χ0v) is 20.2. The van der Waals surface area contributed by atoms with E-state index in [4.69, 9.17) is 0 Å². The molecule has 0 saturated heterocycles. The number of rotatable bonds is 6. The summed E-state index contributed by atoms with van der Waals surface area (Å²) in [6, 6.07) is 13.8. The fourth-order valence-electron chi connectivity index (χ4n) is 3.00. The topological polar surface area (TPSA) is 118 Å². The Hall–Kier alpha value is -2.98. The van der Waals surface area contributed by atoms with Gasteiger partial charge in [0.05, 0.1) is 9.79 Å². The van der Waals surface area contributed by atoms with E-state index in [1.54, 1.807) is 44.2 Å². The predicted molar refractivity (Wildman–Crippen MR) is 125 cm³/mol. The summed E-state index contributed by atoms with van der Waals surface area (Å²) in [6.07, 6.45) is 0. The summed E-state index contributed by atoms with van der Waals surface area (Å²) in [6.45, 7) is 9.62. The lowest BCUT2D eigenvalue weighted by Crippen LogP contribution is -2.16. The number of sulfonamides is 2. The van der Waals surface area contributed by atoms with E-state index in [0.717, 1.165) is 5.56 Å². The molecular weight excluding hydrogens is 448 g/mol. The monoisotopic (exact) mass is 474 g/mol. The van der Waals surface area contributed by atoms with E-state index in [1.807, 2.05) is 20.8 Å². The van der Waals surface area contributed by atoms with Gasteiger partial charge in [0.25, 0.3) is 20.0 Å². The molecule has 0 aliphatic carbocycles. The van der Waals surface area contributed by atoms with E-state index in [2.05, 4.69) is 19.4 Å². The third-order valence-electron chi connectivity index (χ3n) is 4.66. The van der Waals surface area contributed by atoms with Gasteiger partial charge in [0.15, 0.2) is 0 Å². The van der Waals surface area contributed by atoms with Crippen LogP contribution in [-0.2, 0) is 25.5 Å². The van der Waals surface area contributed by atoms with Crippen LogP contribution < -0.4 is 9.44 Å². The molecule has 0 fully saturated rings. The van der Waals surface area contributed by atoms with Crippen LogP contribution in [0.25, 0.3) is 0 Å². The summed E-state index contributed by atoms with van der Waals surface area (Å²) in [7, 11) is -7.75. The van der Waals surface area contributed by atoms with Gasteiger partial charge in [0.2, 0.25) is 5.95 Å². The highest BCUT2D eigenvalue weighted by Gasteiger charge is 2.19. The highest BCUT2D eigenvalue weighted by Crippen LogP contribution is 2.25. The van der Waals surface area contributed by atoms with Gasteiger partial charge in [-0.15, -0.1) is 0 Å². The first kappa shape index (κ1) is 23.7. The smallest absolute Gasteiger partial charge is 0.264 e. The van der Waals surface area contributed by atoms with Crippen LogP contribution in [0.5, 0.6) is 0 Å². The molecule has 0 unspecified atom stereocenters. The quantitative estimate of drug-likeness (QED) is 0.558. The zero-order valence-electron chi connectivity index (χ0n) is 18.5. The molecule has 3 aromatic rings.